The zero-order valence-electron chi connectivity index (χ0n) is 14.7. The minimum atomic E-state index is -0.0347. The molecule has 2 amide bonds. The molecule has 0 bridgehead atoms. The van der Waals surface area contributed by atoms with Crippen LogP contribution in [0.4, 0.5) is 5.69 Å². The number of hydrogen-bond acceptors (Lipinski definition) is 3. The number of halogens is 1. The molecule has 1 saturated carbocycles. The van der Waals surface area contributed by atoms with Gasteiger partial charge in [0.05, 0.1) is 5.56 Å². The number of benzene rings is 1. The van der Waals surface area contributed by atoms with E-state index in [1.165, 1.54) is 32.1 Å². The van der Waals surface area contributed by atoms with Crippen LogP contribution in [0.1, 0.15) is 48.9 Å². The average Bonchev–Trinajstić information content (AvgIpc) is 2.62. The highest BCUT2D eigenvalue weighted by Crippen LogP contribution is 2.27. The van der Waals surface area contributed by atoms with Crippen LogP contribution in [-0.4, -0.2) is 47.8 Å². The van der Waals surface area contributed by atoms with Crippen molar-refractivity contribution in [3.63, 3.8) is 0 Å². The number of carbonyl (C=O) groups excluding carboxylic acids is 2. The first-order chi connectivity index (χ1) is 11.6. The van der Waals surface area contributed by atoms with Crippen LogP contribution in [0.3, 0.4) is 0 Å². The van der Waals surface area contributed by atoms with Crippen LogP contribution < -0.4 is 5.73 Å². The summed E-state index contributed by atoms with van der Waals surface area (Å²) < 4.78 is 0. The van der Waals surface area contributed by atoms with Crippen molar-refractivity contribution >= 4 is 29.9 Å². The van der Waals surface area contributed by atoms with Gasteiger partial charge in [-0.05, 0) is 30.9 Å². The van der Waals surface area contributed by atoms with Crippen molar-refractivity contribution in [2.24, 2.45) is 5.92 Å². The Morgan fingerprint density at radius 2 is 1.56 bits per heavy atom. The molecule has 2 aliphatic rings. The van der Waals surface area contributed by atoms with Crippen LogP contribution in [-0.2, 0) is 4.79 Å². The summed E-state index contributed by atoms with van der Waals surface area (Å²) in [7, 11) is 0. The van der Waals surface area contributed by atoms with Crippen LogP contribution in [0.15, 0.2) is 24.3 Å². The van der Waals surface area contributed by atoms with Crippen LogP contribution in [0.25, 0.3) is 0 Å². The molecular weight excluding hydrogens is 338 g/mol. The molecule has 1 aliphatic heterocycles. The number of nitrogens with two attached hydrogens (primary N) is 1. The molecule has 1 aliphatic carbocycles. The molecule has 3 rings (SSSR count). The monoisotopic (exact) mass is 365 g/mol. The van der Waals surface area contributed by atoms with Gasteiger partial charge < -0.3 is 15.5 Å². The van der Waals surface area contributed by atoms with E-state index in [1.807, 2.05) is 17.0 Å². The molecular formula is C19H28ClN3O2. The van der Waals surface area contributed by atoms with E-state index < -0.39 is 0 Å². The zero-order valence-corrected chi connectivity index (χ0v) is 15.5. The van der Waals surface area contributed by atoms with Crippen LogP contribution in [0.2, 0.25) is 0 Å². The summed E-state index contributed by atoms with van der Waals surface area (Å²) in [5.41, 5.74) is 6.96. The molecule has 6 heteroatoms. The SMILES string of the molecule is Cl.Nc1ccccc1C(=O)N1CCN(C(=O)CC2CCCCC2)CC1. The summed E-state index contributed by atoms with van der Waals surface area (Å²) in [6.07, 6.45) is 6.90. The number of anilines is 1. The van der Waals surface area contributed by atoms with E-state index in [0.717, 1.165) is 0 Å². The molecule has 0 radical (unpaired) electrons. The third kappa shape index (κ3) is 4.88. The second kappa shape index (κ2) is 9.09. The van der Waals surface area contributed by atoms with Crippen LogP contribution in [0.5, 0.6) is 0 Å². The summed E-state index contributed by atoms with van der Waals surface area (Å²) >= 11 is 0. The Bertz CT molecular complexity index is 594. The van der Waals surface area contributed by atoms with E-state index in [0.29, 0.717) is 49.8 Å². The summed E-state index contributed by atoms with van der Waals surface area (Å²) in [5.74, 6) is 0.788. The smallest absolute Gasteiger partial charge is 0.256 e. The number of nitrogen functional groups attached to an aromatic ring is 1. The second-order valence-electron chi connectivity index (χ2n) is 6.97. The van der Waals surface area contributed by atoms with Crippen molar-refractivity contribution in [1.82, 2.24) is 9.80 Å². The third-order valence-electron chi connectivity index (χ3n) is 5.30. The van der Waals surface area contributed by atoms with Gasteiger partial charge in [-0.1, -0.05) is 31.4 Å². The predicted molar refractivity (Wildman–Crippen MR) is 102 cm³/mol. The normalized spacial score (nSPS) is 18.6. The van der Waals surface area contributed by atoms with E-state index in [4.69, 9.17) is 5.73 Å². The molecule has 1 saturated heterocycles. The first-order valence-corrected chi connectivity index (χ1v) is 9.06. The van der Waals surface area contributed by atoms with Crippen molar-refractivity contribution < 1.29 is 9.59 Å². The lowest BCUT2D eigenvalue weighted by molar-refractivity contribution is -0.133. The highest BCUT2D eigenvalue weighted by Gasteiger charge is 2.27. The largest absolute Gasteiger partial charge is 0.398 e. The fraction of sp³-hybridized carbons (Fsp3) is 0.579. The molecule has 1 aromatic rings. The number of piperazine rings is 1. The van der Waals surface area contributed by atoms with E-state index in [2.05, 4.69) is 0 Å². The predicted octanol–water partition coefficient (Wildman–Crippen LogP) is 2.95. The highest BCUT2D eigenvalue weighted by molar-refractivity contribution is 5.99. The summed E-state index contributed by atoms with van der Waals surface area (Å²) in [6.45, 7) is 2.43. The van der Waals surface area contributed by atoms with Crippen LogP contribution >= 0.6 is 12.4 Å². The maximum absolute atomic E-state index is 12.6. The van der Waals surface area contributed by atoms with Gasteiger partial charge in [-0.25, -0.2) is 0 Å². The van der Waals surface area contributed by atoms with Crippen molar-refractivity contribution in [3.8, 4) is 0 Å². The van der Waals surface area contributed by atoms with Gasteiger partial charge in [0.25, 0.3) is 5.91 Å². The molecule has 2 fully saturated rings. The Labute approximate surface area is 155 Å². The average molecular weight is 366 g/mol. The van der Waals surface area contributed by atoms with Crippen molar-refractivity contribution in [2.75, 3.05) is 31.9 Å². The van der Waals surface area contributed by atoms with Gasteiger partial charge in [0, 0.05) is 38.3 Å². The van der Waals surface area contributed by atoms with Gasteiger partial charge in [0.15, 0.2) is 0 Å². The Balaban J connectivity index is 0.00000225. The molecule has 0 unspecified atom stereocenters. The lowest BCUT2D eigenvalue weighted by atomic mass is 9.86. The molecule has 25 heavy (non-hydrogen) atoms. The fourth-order valence-corrected chi connectivity index (χ4v) is 3.79. The number of rotatable bonds is 3. The number of carbonyl (C=O) groups is 2. The van der Waals surface area contributed by atoms with Gasteiger partial charge in [-0.3, -0.25) is 9.59 Å². The zero-order chi connectivity index (χ0) is 16.9. The summed E-state index contributed by atoms with van der Waals surface area (Å²) in [6, 6.07) is 7.16. The lowest BCUT2D eigenvalue weighted by Crippen LogP contribution is -2.51. The van der Waals surface area contributed by atoms with Crippen LogP contribution in [0, 0.1) is 5.92 Å². The molecule has 138 valence electrons. The van der Waals surface area contributed by atoms with Crippen molar-refractivity contribution in [3.05, 3.63) is 29.8 Å². The molecule has 0 aromatic heterocycles. The number of nitrogens with zero attached hydrogens (tertiary/aromatic N) is 2. The van der Waals surface area contributed by atoms with E-state index >= 15 is 0 Å². The molecule has 5 nitrogen and oxygen atoms in total. The van der Waals surface area contributed by atoms with Gasteiger partial charge in [0.2, 0.25) is 5.91 Å². The Morgan fingerprint density at radius 3 is 2.20 bits per heavy atom. The molecule has 1 aromatic carbocycles. The van der Waals surface area contributed by atoms with Gasteiger partial charge in [-0.15, -0.1) is 12.4 Å². The second-order valence-corrected chi connectivity index (χ2v) is 6.97. The standard InChI is InChI=1S/C19H27N3O2.ClH/c20-17-9-5-4-8-16(17)19(24)22-12-10-21(11-13-22)18(23)14-15-6-2-1-3-7-15;/h4-5,8-9,15H,1-3,6-7,10-14,20H2;1H. The quantitative estimate of drug-likeness (QED) is 0.837. The topological polar surface area (TPSA) is 66.6 Å². The number of para-hydroxylation sites is 1. The summed E-state index contributed by atoms with van der Waals surface area (Å²) in [4.78, 5) is 28.8. The molecule has 1 heterocycles. The van der Waals surface area contributed by atoms with Gasteiger partial charge in [0.1, 0.15) is 0 Å². The summed E-state index contributed by atoms with van der Waals surface area (Å²) in [5, 5.41) is 0. The molecule has 0 spiro atoms. The van der Waals surface area contributed by atoms with E-state index in [1.54, 1.807) is 17.0 Å². The van der Waals surface area contributed by atoms with E-state index in [9.17, 15) is 9.59 Å². The van der Waals surface area contributed by atoms with Gasteiger partial charge >= 0.3 is 0 Å². The highest BCUT2D eigenvalue weighted by atomic mass is 35.5. The fourth-order valence-electron chi connectivity index (χ4n) is 3.79. The van der Waals surface area contributed by atoms with Crippen molar-refractivity contribution in [2.45, 2.75) is 38.5 Å². The Hall–Kier alpha value is -1.75. The van der Waals surface area contributed by atoms with Crippen molar-refractivity contribution in [1.29, 1.82) is 0 Å². The number of amides is 2. The lowest BCUT2D eigenvalue weighted by Gasteiger charge is -2.36. The minimum absolute atomic E-state index is 0. The molecule has 0 atom stereocenters. The number of hydrogen-bond donors (Lipinski definition) is 1. The molecule has 2 N–H and O–H groups in total. The minimum Gasteiger partial charge on any atom is -0.398 e. The Kier molecular flexibility index (Phi) is 7.12. The first-order valence-electron chi connectivity index (χ1n) is 9.06. The first kappa shape index (κ1) is 19.6. The maximum atomic E-state index is 12.6. The third-order valence-corrected chi connectivity index (χ3v) is 5.30. The van der Waals surface area contributed by atoms with Gasteiger partial charge in [-0.2, -0.15) is 0 Å². The Morgan fingerprint density at radius 1 is 0.960 bits per heavy atom. The maximum Gasteiger partial charge on any atom is 0.256 e. The van der Waals surface area contributed by atoms with E-state index in [-0.39, 0.29) is 24.2 Å².